The minimum Gasteiger partial charge on any atom is -0.0625 e. The molecule has 1 atom stereocenters. The smallest absolute Gasteiger partial charge is 0.0292 e. The molecular formula is C34H62. The molecular weight excluding hydrogens is 408 g/mol. The molecule has 6 aliphatic carbocycles. The van der Waals surface area contributed by atoms with Crippen LogP contribution in [0.4, 0.5) is 0 Å². The molecule has 0 saturated heterocycles. The highest BCUT2D eigenvalue weighted by Crippen LogP contribution is 2.61. The van der Waals surface area contributed by atoms with Crippen molar-refractivity contribution in [1.29, 1.82) is 0 Å². The molecule has 6 rings (SSSR count). The van der Waals surface area contributed by atoms with Crippen molar-refractivity contribution in [3.63, 3.8) is 0 Å². The molecule has 198 valence electrons. The summed E-state index contributed by atoms with van der Waals surface area (Å²) in [5, 5.41) is 0. The zero-order chi connectivity index (χ0) is 24.8. The molecule has 0 bridgehead atoms. The summed E-state index contributed by atoms with van der Waals surface area (Å²) >= 11 is 0. The van der Waals surface area contributed by atoms with Gasteiger partial charge in [0.05, 0.1) is 0 Å². The predicted molar refractivity (Wildman–Crippen MR) is 150 cm³/mol. The van der Waals surface area contributed by atoms with Gasteiger partial charge in [-0.05, 0) is 134 Å². The Morgan fingerprint density at radius 2 is 0.912 bits per heavy atom. The summed E-state index contributed by atoms with van der Waals surface area (Å²) in [6.45, 7) is 19.2. The van der Waals surface area contributed by atoms with Gasteiger partial charge in [-0.3, -0.25) is 0 Å². The summed E-state index contributed by atoms with van der Waals surface area (Å²) in [6.07, 6.45) is 26.1. The first-order valence-corrected chi connectivity index (χ1v) is 15.8. The summed E-state index contributed by atoms with van der Waals surface area (Å²) in [7, 11) is 0. The van der Waals surface area contributed by atoms with Gasteiger partial charge in [-0.1, -0.05) is 81.1 Å². The zero-order valence-electron chi connectivity index (χ0n) is 24.8. The fourth-order valence-electron chi connectivity index (χ4n) is 8.82. The lowest BCUT2D eigenvalue weighted by atomic mass is 9.50. The molecule has 0 nitrogen and oxygen atoms in total. The minimum absolute atomic E-state index is 0.569. The van der Waals surface area contributed by atoms with Gasteiger partial charge in [-0.25, -0.2) is 0 Å². The Morgan fingerprint density at radius 1 is 0.500 bits per heavy atom. The fraction of sp³-hybridized carbons (Fsp3) is 1.00. The standard InChI is InChI=1S/2C12H22.C10H18/c1-11(2,3)10-5-8-12(9-10)6-4-7-12;1-11(2,3)10-8-12(9-10)6-4-5-7-12;1-8(2)9-6-10(7-9)4-3-5-10/h2*10H,4-9H2,1-3H3;8-9H,3-7H2,1-2H3. The predicted octanol–water partition coefficient (Wildman–Crippen LogP) is 11.2. The second-order valence-corrected chi connectivity index (χ2v) is 17.1. The van der Waals surface area contributed by atoms with Crippen molar-refractivity contribution in [3.05, 3.63) is 0 Å². The lowest BCUT2D eigenvalue weighted by Gasteiger charge is -2.55. The van der Waals surface area contributed by atoms with E-state index in [1.54, 1.807) is 51.4 Å². The lowest BCUT2D eigenvalue weighted by Crippen LogP contribution is -2.44. The second kappa shape index (κ2) is 9.71. The zero-order valence-corrected chi connectivity index (χ0v) is 24.8. The maximum atomic E-state index is 2.41. The first-order valence-electron chi connectivity index (χ1n) is 15.8. The molecule has 1 unspecified atom stereocenters. The van der Waals surface area contributed by atoms with Crippen molar-refractivity contribution in [3.8, 4) is 0 Å². The van der Waals surface area contributed by atoms with Crippen LogP contribution in [-0.2, 0) is 0 Å². The molecule has 0 heteroatoms. The Bertz CT molecular complexity index is 637. The minimum atomic E-state index is 0.569. The van der Waals surface area contributed by atoms with E-state index in [9.17, 15) is 0 Å². The Balaban J connectivity index is 0.000000121. The third-order valence-corrected chi connectivity index (χ3v) is 12.3. The van der Waals surface area contributed by atoms with Gasteiger partial charge in [0.2, 0.25) is 0 Å². The Labute approximate surface area is 215 Å². The van der Waals surface area contributed by atoms with Gasteiger partial charge in [0.25, 0.3) is 0 Å². The number of hydrogen-bond acceptors (Lipinski definition) is 0. The Kier molecular flexibility index (Phi) is 7.72. The normalized spacial score (nSPS) is 32.7. The quantitative estimate of drug-likeness (QED) is 0.357. The molecule has 6 saturated carbocycles. The van der Waals surface area contributed by atoms with E-state index in [0.717, 1.165) is 39.9 Å². The van der Waals surface area contributed by atoms with Crippen molar-refractivity contribution < 1.29 is 0 Å². The summed E-state index contributed by atoms with van der Waals surface area (Å²) in [5.74, 6) is 4.07. The van der Waals surface area contributed by atoms with E-state index >= 15 is 0 Å². The molecule has 6 fully saturated rings. The van der Waals surface area contributed by atoms with Crippen molar-refractivity contribution >= 4 is 0 Å². The summed E-state index contributed by atoms with van der Waals surface area (Å²) in [4.78, 5) is 0. The lowest BCUT2D eigenvalue weighted by molar-refractivity contribution is -0.0435. The Hall–Kier alpha value is 0. The van der Waals surface area contributed by atoms with E-state index in [4.69, 9.17) is 0 Å². The van der Waals surface area contributed by atoms with Crippen molar-refractivity contribution in [1.82, 2.24) is 0 Å². The van der Waals surface area contributed by atoms with Gasteiger partial charge in [0.15, 0.2) is 0 Å². The maximum absolute atomic E-state index is 2.41. The molecule has 3 spiro atoms. The van der Waals surface area contributed by atoms with Crippen molar-refractivity contribution in [2.45, 2.75) is 165 Å². The highest BCUT2D eigenvalue weighted by Gasteiger charge is 2.50. The van der Waals surface area contributed by atoms with Gasteiger partial charge in [-0.15, -0.1) is 0 Å². The van der Waals surface area contributed by atoms with Gasteiger partial charge in [0.1, 0.15) is 0 Å². The van der Waals surface area contributed by atoms with Crippen LogP contribution in [0.25, 0.3) is 0 Å². The Morgan fingerprint density at radius 3 is 1.24 bits per heavy atom. The average molecular weight is 471 g/mol. The third-order valence-electron chi connectivity index (χ3n) is 12.3. The van der Waals surface area contributed by atoms with Gasteiger partial charge < -0.3 is 0 Å². The summed E-state index contributed by atoms with van der Waals surface area (Å²) < 4.78 is 0. The molecule has 0 aromatic rings. The van der Waals surface area contributed by atoms with Crippen LogP contribution < -0.4 is 0 Å². The van der Waals surface area contributed by atoms with E-state index in [-0.39, 0.29) is 0 Å². The van der Waals surface area contributed by atoms with E-state index in [1.165, 1.54) is 57.8 Å². The van der Waals surface area contributed by atoms with Crippen LogP contribution >= 0.6 is 0 Å². The first kappa shape index (κ1) is 27.0. The van der Waals surface area contributed by atoms with E-state index in [2.05, 4.69) is 55.4 Å². The van der Waals surface area contributed by atoms with Gasteiger partial charge in [0, 0.05) is 0 Å². The molecule has 34 heavy (non-hydrogen) atoms. The van der Waals surface area contributed by atoms with E-state index in [1.807, 2.05) is 0 Å². The monoisotopic (exact) mass is 470 g/mol. The molecule has 0 heterocycles. The highest BCUT2D eigenvalue weighted by molar-refractivity contribution is 5.01. The van der Waals surface area contributed by atoms with Crippen molar-refractivity contribution in [2.24, 2.45) is 50.7 Å². The molecule has 0 N–H and O–H groups in total. The number of rotatable bonds is 1. The fourth-order valence-corrected chi connectivity index (χ4v) is 8.82. The van der Waals surface area contributed by atoms with Gasteiger partial charge in [-0.2, -0.15) is 0 Å². The van der Waals surface area contributed by atoms with Crippen LogP contribution in [0.3, 0.4) is 0 Å². The second-order valence-electron chi connectivity index (χ2n) is 17.1. The molecule has 0 aromatic carbocycles. The largest absolute Gasteiger partial charge is 0.0625 e. The van der Waals surface area contributed by atoms with Crippen LogP contribution in [0, 0.1) is 50.7 Å². The SMILES string of the molecule is CC(C)(C)C1CC2(CCCC2)C1.CC(C)(C)C1CCC2(CCC2)C1.CC(C)C1CC2(CCC2)C1. The van der Waals surface area contributed by atoms with Crippen LogP contribution in [0.5, 0.6) is 0 Å². The van der Waals surface area contributed by atoms with Crippen molar-refractivity contribution in [2.75, 3.05) is 0 Å². The van der Waals surface area contributed by atoms with E-state index in [0.29, 0.717) is 10.8 Å². The van der Waals surface area contributed by atoms with Crippen LogP contribution in [0.2, 0.25) is 0 Å². The maximum Gasteiger partial charge on any atom is -0.0292 e. The molecule has 6 aliphatic rings. The highest BCUT2D eigenvalue weighted by atomic mass is 14.5. The van der Waals surface area contributed by atoms with E-state index < -0.39 is 0 Å². The first-order chi connectivity index (χ1) is 15.8. The molecule has 0 amide bonds. The molecule has 0 aliphatic heterocycles. The van der Waals surface area contributed by atoms with Gasteiger partial charge >= 0.3 is 0 Å². The van der Waals surface area contributed by atoms with Crippen LogP contribution in [-0.4, -0.2) is 0 Å². The van der Waals surface area contributed by atoms with Crippen LogP contribution in [0.1, 0.15) is 165 Å². The summed E-state index contributed by atoms with van der Waals surface area (Å²) in [6, 6.07) is 0. The third kappa shape index (κ3) is 5.93. The molecule has 0 aromatic heterocycles. The topological polar surface area (TPSA) is 0 Å². The average Bonchev–Trinajstić information content (AvgIpc) is 3.25. The number of hydrogen-bond donors (Lipinski definition) is 0. The molecule has 0 radical (unpaired) electrons. The van der Waals surface area contributed by atoms with Crippen LogP contribution in [0.15, 0.2) is 0 Å². The summed E-state index contributed by atoms with van der Waals surface area (Å²) in [5.41, 5.74) is 3.73.